The van der Waals surface area contributed by atoms with Crippen LogP contribution < -0.4 is 16.0 Å². The molecule has 264 valence electrons. The van der Waals surface area contributed by atoms with Gasteiger partial charge in [0, 0.05) is 54.0 Å². The number of piperazine rings is 1. The van der Waals surface area contributed by atoms with E-state index in [9.17, 15) is 36.3 Å². The van der Waals surface area contributed by atoms with Gasteiger partial charge in [-0.1, -0.05) is 29.8 Å². The van der Waals surface area contributed by atoms with Crippen LogP contribution in [0.25, 0.3) is 0 Å². The van der Waals surface area contributed by atoms with Crippen LogP contribution in [0.1, 0.15) is 55.6 Å². The second-order valence-corrected chi connectivity index (χ2v) is 15.2. The maximum absolute atomic E-state index is 15.3. The molecule has 48 heavy (non-hydrogen) atoms. The molecule has 2 aromatic carbocycles. The van der Waals surface area contributed by atoms with Crippen LogP contribution in [0.2, 0.25) is 5.02 Å². The molecule has 16 heteroatoms. The number of sulfonamides is 1. The van der Waals surface area contributed by atoms with Gasteiger partial charge in [0.15, 0.2) is 0 Å². The van der Waals surface area contributed by atoms with Crippen LogP contribution in [0.4, 0.5) is 28.0 Å². The molecule has 2 bridgehead atoms. The van der Waals surface area contributed by atoms with E-state index in [0.29, 0.717) is 30.1 Å². The molecule has 3 fully saturated rings. The lowest BCUT2D eigenvalue weighted by Crippen LogP contribution is -2.57. The maximum atomic E-state index is 15.3. The highest BCUT2D eigenvalue weighted by Crippen LogP contribution is 2.40. The van der Waals surface area contributed by atoms with E-state index in [1.807, 2.05) is 0 Å². The highest BCUT2D eigenvalue weighted by Gasteiger charge is 2.43. The molecule has 0 radical (unpaired) electrons. The van der Waals surface area contributed by atoms with Gasteiger partial charge < -0.3 is 25.8 Å². The van der Waals surface area contributed by atoms with E-state index in [1.165, 1.54) is 22.5 Å². The molecule has 10 nitrogen and oxygen atoms in total. The molecule has 0 aliphatic carbocycles. The van der Waals surface area contributed by atoms with Crippen molar-refractivity contribution in [1.29, 1.82) is 0 Å². The van der Waals surface area contributed by atoms with Gasteiger partial charge in [0.1, 0.15) is 11.9 Å². The number of rotatable bonds is 10. The molecular formula is C32H39ClF4N4O6S. The Kier molecular flexibility index (Phi) is 11.6. The van der Waals surface area contributed by atoms with E-state index in [4.69, 9.17) is 16.3 Å². The van der Waals surface area contributed by atoms with Crippen LogP contribution in [0.15, 0.2) is 42.5 Å². The lowest BCUT2D eigenvalue weighted by Gasteiger charge is -2.38. The second-order valence-electron chi connectivity index (χ2n) is 12.7. The number of benzene rings is 2. The summed E-state index contributed by atoms with van der Waals surface area (Å²) < 4.78 is 88.0. The fraction of sp³-hybridized carbons (Fsp3) is 0.562. The molecule has 0 aromatic heterocycles. The Balaban J connectivity index is 1.41. The Bertz CT molecular complexity index is 1560. The Hall–Kier alpha value is -2.98. The molecule has 3 heterocycles. The number of hydrogen-bond acceptors (Lipinski definition) is 6. The maximum Gasteiger partial charge on any atom is 0.405 e. The molecule has 3 saturated heterocycles. The van der Waals surface area contributed by atoms with Gasteiger partial charge in [0.2, 0.25) is 15.9 Å². The first-order valence-corrected chi connectivity index (χ1v) is 17.9. The van der Waals surface area contributed by atoms with E-state index < -0.39 is 70.5 Å². The molecule has 5 rings (SSSR count). The van der Waals surface area contributed by atoms with Gasteiger partial charge in [-0.15, -0.1) is 0 Å². The zero-order valence-electron chi connectivity index (χ0n) is 26.0. The molecule has 2 aromatic rings. The number of halogens is 5. The first-order valence-electron chi connectivity index (χ1n) is 15.9. The minimum atomic E-state index is -4.49. The Morgan fingerprint density at radius 2 is 1.90 bits per heavy atom. The zero-order valence-corrected chi connectivity index (χ0v) is 27.6. The lowest BCUT2D eigenvalue weighted by molar-refractivity contribution is -0.169. The topological polar surface area (TPSA) is 137 Å². The van der Waals surface area contributed by atoms with Crippen LogP contribution in [-0.2, 0) is 26.0 Å². The summed E-state index contributed by atoms with van der Waals surface area (Å²) in [5, 5.41) is 18.5. The predicted molar refractivity (Wildman–Crippen MR) is 171 cm³/mol. The number of nitrogens with one attached hydrogen (secondary N) is 3. The number of carboxylic acid groups (broad SMARTS) is 1. The van der Waals surface area contributed by atoms with Crippen molar-refractivity contribution in [3.05, 3.63) is 64.4 Å². The van der Waals surface area contributed by atoms with Crippen molar-refractivity contribution in [2.24, 2.45) is 5.92 Å². The Morgan fingerprint density at radius 1 is 1.15 bits per heavy atom. The number of amides is 2. The molecule has 0 saturated carbocycles. The van der Waals surface area contributed by atoms with Crippen molar-refractivity contribution < 1.29 is 45.4 Å². The fourth-order valence-electron chi connectivity index (χ4n) is 7.21. The molecular weight excluding hydrogens is 680 g/mol. The third-order valence-electron chi connectivity index (χ3n) is 9.42. The second kappa shape index (κ2) is 15.3. The van der Waals surface area contributed by atoms with Crippen molar-refractivity contribution in [3.8, 4) is 0 Å². The summed E-state index contributed by atoms with van der Waals surface area (Å²) in [6.45, 7) is 0.709. The third kappa shape index (κ3) is 9.17. The summed E-state index contributed by atoms with van der Waals surface area (Å²) in [4.78, 5) is 26.1. The van der Waals surface area contributed by atoms with E-state index in [0.717, 1.165) is 6.42 Å². The van der Waals surface area contributed by atoms with E-state index in [2.05, 4.69) is 16.0 Å². The number of hydrogen-bond donors (Lipinski definition) is 4. The lowest BCUT2D eigenvalue weighted by atomic mass is 9.74. The average Bonchev–Trinajstić information content (AvgIpc) is 3.12. The number of carbonyl (C=O) groups is 2. The molecule has 3 aliphatic rings. The molecule has 2 amide bonds. The molecule has 4 N–H and O–H groups in total. The largest absolute Gasteiger partial charge is 0.465 e. The summed E-state index contributed by atoms with van der Waals surface area (Å²) in [7, 11) is -3.48. The summed E-state index contributed by atoms with van der Waals surface area (Å²) >= 11 is 6.09. The predicted octanol–water partition coefficient (Wildman–Crippen LogP) is 5.28. The molecule has 3 aliphatic heterocycles. The number of carbonyl (C=O) groups excluding carboxylic acids is 1. The van der Waals surface area contributed by atoms with Crippen LogP contribution in [-0.4, -0.2) is 85.7 Å². The average molecular weight is 719 g/mol. The molecule has 0 spiro atoms. The fourth-order valence-corrected chi connectivity index (χ4v) is 9.14. The van der Waals surface area contributed by atoms with Gasteiger partial charge in [-0.25, -0.2) is 17.6 Å². The van der Waals surface area contributed by atoms with E-state index in [1.54, 1.807) is 24.3 Å². The highest BCUT2D eigenvalue weighted by molar-refractivity contribution is 7.89. The van der Waals surface area contributed by atoms with Gasteiger partial charge >= 0.3 is 12.3 Å². The summed E-state index contributed by atoms with van der Waals surface area (Å²) in [6.07, 6.45) is -6.60. The summed E-state index contributed by atoms with van der Waals surface area (Å²) in [6, 6.07) is 8.48. The van der Waals surface area contributed by atoms with Gasteiger partial charge in [-0.2, -0.15) is 17.5 Å². The first kappa shape index (κ1) is 36.3. The van der Waals surface area contributed by atoms with Crippen molar-refractivity contribution >= 4 is 39.3 Å². The Morgan fingerprint density at radius 3 is 2.60 bits per heavy atom. The van der Waals surface area contributed by atoms with Crippen molar-refractivity contribution in [3.63, 3.8) is 0 Å². The van der Waals surface area contributed by atoms with Gasteiger partial charge in [-0.3, -0.25) is 4.79 Å². The number of ether oxygens (including phenoxy) is 1. The third-order valence-corrected chi connectivity index (χ3v) is 11.6. The summed E-state index contributed by atoms with van der Waals surface area (Å²) in [5.41, 5.74) is 0.676. The number of anilines is 1. The summed E-state index contributed by atoms with van der Waals surface area (Å²) in [5.74, 6) is -2.95. The van der Waals surface area contributed by atoms with E-state index >= 15 is 4.39 Å². The molecule has 7 atom stereocenters. The number of nitrogens with zero attached hydrogens (tertiary/aromatic N) is 1. The van der Waals surface area contributed by atoms with Gasteiger partial charge in [0.25, 0.3) is 0 Å². The molecule has 7 unspecified atom stereocenters. The van der Waals surface area contributed by atoms with Crippen LogP contribution in [0, 0.1) is 11.7 Å². The minimum Gasteiger partial charge on any atom is -0.465 e. The monoisotopic (exact) mass is 718 g/mol. The Labute approximate surface area is 281 Å². The van der Waals surface area contributed by atoms with Crippen molar-refractivity contribution in [2.45, 2.75) is 81.3 Å². The minimum absolute atomic E-state index is 0.0194. The van der Waals surface area contributed by atoms with Crippen LogP contribution in [0.5, 0.6) is 0 Å². The van der Waals surface area contributed by atoms with Gasteiger partial charge in [-0.05, 0) is 74.3 Å². The first-order chi connectivity index (χ1) is 22.7. The van der Waals surface area contributed by atoms with Crippen LogP contribution in [0.3, 0.4) is 0 Å². The van der Waals surface area contributed by atoms with Gasteiger partial charge in [0.05, 0.1) is 18.3 Å². The zero-order chi connectivity index (χ0) is 34.6. The number of fused-ring (bicyclic) bond motifs is 2. The van der Waals surface area contributed by atoms with Crippen molar-refractivity contribution in [2.75, 3.05) is 30.8 Å². The van der Waals surface area contributed by atoms with Crippen LogP contribution >= 0.6 is 11.6 Å². The normalized spacial score (nSPS) is 26.9. The van der Waals surface area contributed by atoms with E-state index in [-0.39, 0.29) is 55.3 Å². The number of alkyl halides is 3. The smallest absolute Gasteiger partial charge is 0.405 e. The van der Waals surface area contributed by atoms with Crippen molar-refractivity contribution in [1.82, 2.24) is 14.9 Å². The standard InChI is InChI=1S/C32H39ClF4N4O6S/c33-21-8-6-19(7-9-21)28(20-12-13-47-24(15-20)16-32(35,36)37)29(40-31(43)44)30(42)39-27-5-1-4-26(34)25(27)11-10-23-17-38-22-3-2-14-48(45,46)41(23)18-22/h1,4-9,20,22-24,28-29,38,40H,2-3,10-18H2,(H,39,42)(H,43,44). The quantitative estimate of drug-likeness (QED) is 0.245. The SMILES string of the molecule is O=C(O)NC(C(=O)Nc1cccc(F)c1CCC1CNC2CCCS(=O)(=O)N1C2)C(c1ccc(Cl)cc1)C1CCOC(CC(F)(F)F)C1. The highest BCUT2D eigenvalue weighted by atomic mass is 35.5.